The molecule has 1 aliphatic heterocycles. The number of anilines is 1. The van der Waals surface area contributed by atoms with Crippen molar-refractivity contribution in [2.45, 2.75) is 20.1 Å². The summed E-state index contributed by atoms with van der Waals surface area (Å²) in [6, 6.07) is 0. The van der Waals surface area contributed by atoms with Crippen molar-refractivity contribution in [3.05, 3.63) is 11.6 Å². The fourth-order valence-electron chi connectivity index (χ4n) is 1.48. The van der Waals surface area contributed by atoms with Crippen molar-refractivity contribution in [2.24, 2.45) is 0 Å². The van der Waals surface area contributed by atoms with Gasteiger partial charge in [-0.05, 0) is 13.8 Å². The van der Waals surface area contributed by atoms with E-state index in [4.69, 9.17) is 4.74 Å². The molecule has 1 aliphatic rings. The van der Waals surface area contributed by atoms with Crippen LogP contribution in [0.1, 0.15) is 11.6 Å². The van der Waals surface area contributed by atoms with E-state index in [9.17, 15) is 0 Å². The molecule has 0 amide bonds. The van der Waals surface area contributed by atoms with E-state index in [-0.39, 0.29) is 6.23 Å². The fraction of sp³-hybridized carbons (Fsp3) is 0.667. The summed E-state index contributed by atoms with van der Waals surface area (Å²) in [5.74, 6) is 2.01. The maximum absolute atomic E-state index is 5.49. The third kappa shape index (κ3) is 2.84. The first-order valence-electron chi connectivity index (χ1n) is 5.02. The number of nitrogens with zero attached hydrogens (tertiary/aromatic N) is 3. The molecule has 6 heteroatoms. The Morgan fingerprint density at radius 1 is 1.27 bits per heavy atom. The summed E-state index contributed by atoms with van der Waals surface area (Å²) in [6.45, 7) is 6.07. The molecule has 1 saturated heterocycles. The largest absolute Gasteiger partial charge is 0.356 e. The molecule has 0 radical (unpaired) electrons. The third-order valence-electron chi connectivity index (χ3n) is 2.08. The van der Waals surface area contributed by atoms with Crippen LogP contribution in [0.2, 0.25) is 0 Å². The lowest BCUT2D eigenvalue weighted by atomic mass is 10.4. The van der Waals surface area contributed by atoms with Crippen molar-refractivity contribution in [1.82, 2.24) is 20.3 Å². The number of hydrogen-bond acceptors (Lipinski definition) is 6. The quantitative estimate of drug-likeness (QED) is 0.705. The number of ether oxygens (including phenoxy) is 1. The Bertz CT molecular complexity index is 317. The lowest BCUT2D eigenvalue weighted by Gasteiger charge is -2.24. The molecule has 82 valence electrons. The van der Waals surface area contributed by atoms with Gasteiger partial charge in [0.25, 0.3) is 0 Å². The summed E-state index contributed by atoms with van der Waals surface area (Å²) < 4.78 is 5.49. The van der Waals surface area contributed by atoms with Crippen LogP contribution in [-0.4, -0.2) is 40.9 Å². The van der Waals surface area contributed by atoms with Gasteiger partial charge in [-0.3, -0.25) is 0 Å². The molecule has 15 heavy (non-hydrogen) atoms. The molecule has 0 bridgehead atoms. The van der Waals surface area contributed by atoms with Crippen LogP contribution in [0.25, 0.3) is 0 Å². The number of aryl methyl sites for hydroxylation is 2. The molecule has 2 rings (SSSR count). The van der Waals surface area contributed by atoms with Crippen molar-refractivity contribution in [2.75, 3.05) is 25.0 Å². The van der Waals surface area contributed by atoms with Gasteiger partial charge in [0, 0.05) is 13.1 Å². The van der Waals surface area contributed by atoms with E-state index in [2.05, 4.69) is 25.6 Å². The van der Waals surface area contributed by atoms with E-state index in [0.717, 1.165) is 13.1 Å². The Balaban J connectivity index is 2.02. The van der Waals surface area contributed by atoms with Crippen LogP contribution in [0.3, 0.4) is 0 Å². The molecule has 0 aliphatic carbocycles. The lowest BCUT2D eigenvalue weighted by molar-refractivity contribution is 0.0463. The van der Waals surface area contributed by atoms with Crippen molar-refractivity contribution in [3.8, 4) is 0 Å². The van der Waals surface area contributed by atoms with Gasteiger partial charge in [-0.25, -0.2) is 4.98 Å². The van der Waals surface area contributed by atoms with E-state index in [1.165, 1.54) is 0 Å². The molecule has 1 atom stereocenters. The molecular weight excluding hydrogens is 194 g/mol. The second-order valence-corrected chi connectivity index (χ2v) is 3.46. The van der Waals surface area contributed by atoms with Crippen molar-refractivity contribution >= 4 is 5.95 Å². The van der Waals surface area contributed by atoms with Gasteiger partial charge in [-0.1, -0.05) is 0 Å². The SMILES string of the molecule is Cc1nc(C)nc(NC2CNCCO2)n1. The monoisotopic (exact) mass is 209 g/mol. The zero-order valence-corrected chi connectivity index (χ0v) is 8.95. The molecule has 1 fully saturated rings. The first-order valence-corrected chi connectivity index (χ1v) is 5.02. The summed E-state index contributed by atoms with van der Waals surface area (Å²) in [7, 11) is 0. The van der Waals surface area contributed by atoms with Crippen LogP contribution in [0.4, 0.5) is 5.95 Å². The van der Waals surface area contributed by atoms with E-state index < -0.39 is 0 Å². The molecule has 0 saturated carbocycles. The first kappa shape index (κ1) is 10.3. The minimum absolute atomic E-state index is 0.0556. The second kappa shape index (κ2) is 4.50. The Hall–Kier alpha value is -1.27. The molecule has 1 aromatic rings. The average Bonchev–Trinajstić information content (AvgIpc) is 2.17. The molecule has 2 heterocycles. The molecule has 0 aromatic carbocycles. The smallest absolute Gasteiger partial charge is 0.228 e. The van der Waals surface area contributed by atoms with Gasteiger partial charge in [0.2, 0.25) is 5.95 Å². The number of hydrogen-bond donors (Lipinski definition) is 2. The highest BCUT2D eigenvalue weighted by atomic mass is 16.5. The summed E-state index contributed by atoms with van der Waals surface area (Å²) >= 11 is 0. The van der Waals surface area contributed by atoms with Crippen molar-refractivity contribution < 1.29 is 4.74 Å². The fourth-order valence-corrected chi connectivity index (χ4v) is 1.48. The molecule has 6 nitrogen and oxygen atoms in total. The van der Waals surface area contributed by atoms with Crippen LogP contribution in [-0.2, 0) is 4.74 Å². The normalized spacial score (nSPS) is 21.3. The average molecular weight is 209 g/mol. The van der Waals surface area contributed by atoms with Gasteiger partial charge in [-0.15, -0.1) is 0 Å². The van der Waals surface area contributed by atoms with Gasteiger partial charge < -0.3 is 15.4 Å². The maximum atomic E-state index is 5.49. The number of nitrogens with one attached hydrogen (secondary N) is 2. The highest BCUT2D eigenvalue weighted by Gasteiger charge is 2.14. The van der Waals surface area contributed by atoms with E-state index in [1.54, 1.807) is 0 Å². The first-order chi connectivity index (χ1) is 7.24. The van der Waals surface area contributed by atoms with E-state index >= 15 is 0 Å². The Kier molecular flexibility index (Phi) is 3.08. The van der Waals surface area contributed by atoms with Crippen LogP contribution in [0, 0.1) is 13.8 Å². The summed E-state index contributed by atoms with van der Waals surface area (Å²) in [5, 5.41) is 6.34. The lowest BCUT2D eigenvalue weighted by Crippen LogP contribution is -2.43. The number of morpholine rings is 1. The van der Waals surface area contributed by atoms with Crippen LogP contribution >= 0.6 is 0 Å². The standard InChI is InChI=1S/C9H15N5O/c1-6-11-7(2)13-9(12-6)14-8-5-10-3-4-15-8/h8,10H,3-5H2,1-2H3,(H,11,12,13,14). The second-order valence-electron chi connectivity index (χ2n) is 3.46. The molecule has 2 N–H and O–H groups in total. The van der Waals surface area contributed by atoms with Gasteiger partial charge in [0.15, 0.2) is 0 Å². The zero-order chi connectivity index (χ0) is 10.7. The predicted molar refractivity (Wildman–Crippen MR) is 55.5 cm³/mol. The summed E-state index contributed by atoms with van der Waals surface area (Å²) in [5.41, 5.74) is 0. The van der Waals surface area contributed by atoms with E-state index in [1.807, 2.05) is 13.8 Å². The van der Waals surface area contributed by atoms with Crippen molar-refractivity contribution in [3.63, 3.8) is 0 Å². The minimum atomic E-state index is -0.0556. The Morgan fingerprint density at radius 3 is 2.60 bits per heavy atom. The number of rotatable bonds is 2. The zero-order valence-electron chi connectivity index (χ0n) is 8.95. The minimum Gasteiger partial charge on any atom is -0.356 e. The van der Waals surface area contributed by atoms with Gasteiger partial charge in [0.1, 0.15) is 17.9 Å². The summed E-state index contributed by atoms with van der Waals surface area (Å²) in [4.78, 5) is 12.5. The molecule has 1 unspecified atom stereocenters. The Labute approximate surface area is 88.5 Å². The highest BCUT2D eigenvalue weighted by Crippen LogP contribution is 2.04. The predicted octanol–water partition coefficient (Wildman–Crippen LogP) is -0.154. The Morgan fingerprint density at radius 2 is 2.00 bits per heavy atom. The molecule has 0 spiro atoms. The van der Waals surface area contributed by atoms with Gasteiger partial charge >= 0.3 is 0 Å². The van der Waals surface area contributed by atoms with Crippen LogP contribution < -0.4 is 10.6 Å². The summed E-state index contributed by atoms with van der Waals surface area (Å²) in [6.07, 6.45) is -0.0556. The molecule has 1 aromatic heterocycles. The van der Waals surface area contributed by atoms with Gasteiger partial charge in [-0.2, -0.15) is 9.97 Å². The van der Waals surface area contributed by atoms with Crippen LogP contribution in [0.15, 0.2) is 0 Å². The number of aromatic nitrogens is 3. The maximum Gasteiger partial charge on any atom is 0.228 e. The van der Waals surface area contributed by atoms with Crippen LogP contribution in [0.5, 0.6) is 0 Å². The van der Waals surface area contributed by atoms with Gasteiger partial charge in [0.05, 0.1) is 6.61 Å². The third-order valence-corrected chi connectivity index (χ3v) is 2.08. The topological polar surface area (TPSA) is 72.0 Å². The van der Waals surface area contributed by atoms with Crippen molar-refractivity contribution in [1.29, 1.82) is 0 Å². The molecular formula is C9H15N5O. The van der Waals surface area contributed by atoms with E-state index in [0.29, 0.717) is 24.2 Å². The highest BCUT2D eigenvalue weighted by molar-refractivity contribution is 5.25.